The standard InChI is InChI=1S/C18H19NO2S/c1-22-17-10-6-5-9-15(17)18(20)19-11-12-21-16(13-19)14-7-3-2-4-8-14/h2-10,16H,11-13H2,1H3. The van der Waals surface area contributed by atoms with Crippen LogP contribution in [0.5, 0.6) is 0 Å². The van der Waals surface area contributed by atoms with E-state index in [2.05, 4.69) is 12.1 Å². The molecule has 1 saturated heterocycles. The van der Waals surface area contributed by atoms with Crippen molar-refractivity contribution in [2.75, 3.05) is 26.0 Å². The van der Waals surface area contributed by atoms with Gasteiger partial charge in [-0.3, -0.25) is 4.79 Å². The zero-order valence-corrected chi connectivity index (χ0v) is 13.4. The molecule has 1 atom stereocenters. The van der Waals surface area contributed by atoms with E-state index >= 15 is 0 Å². The first-order valence-corrected chi connectivity index (χ1v) is 8.61. The van der Waals surface area contributed by atoms with Crippen LogP contribution in [0.25, 0.3) is 0 Å². The summed E-state index contributed by atoms with van der Waals surface area (Å²) >= 11 is 1.61. The third kappa shape index (κ3) is 3.18. The van der Waals surface area contributed by atoms with E-state index in [1.54, 1.807) is 11.8 Å². The average Bonchev–Trinajstić information content (AvgIpc) is 2.62. The van der Waals surface area contributed by atoms with Gasteiger partial charge < -0.3 is 9.64 Å². The predicted molar refractivity (Wildman–Crippen MR) is 89.3 cm³/mol. The fourth-order valence-corrected chi connectivity index (χ4v) is 3.28. The molecule has 0 aliphatic carbocycles. The summed E-state index contributed by atoms with van der Waals surface area (Å²) in [5.41, 5.74) is 1.90. The zero-order chi connectivity index (χ0) is 15.4. The summed E-state index contributed by atoms with van der Waals surface area (Å²) in [6, 6.07) is 17.9. The molecule has 3 nitrogen and oxygen atoms in total. The fraction of sp³-hybridized carbons (Fsp3) is 0.278. The molecule has 1 heterocycles. The first-order chi connectivity index (χ1) is 10.8. The summed E-state index contributed by atoms with van der Waals surface area (Å²) in [5, 5.41) is 0. The van der Waals surface area contributed by atoms with Crippen molar-refractivity contribution in [3.63, 3.8) is 0 Å². The van der Waals surface area contributed by atoms with Gasteiger partial charge in [0, 0.05) is 11.4 Å². The topological polar surface area (TPSA) is 29.5 Å². The maximum absolute atomic E-state index is 12.8. The Kier molecular flexibility index (Phi) is 4.80. The second-order valence-electron chi connectivity index (χ2n) is 5.22. The van der Waals surface area contributed by atoms with Crippen molar-refractivity contribution in [1.29, 1.82) is 0 Å². The van der Waals surface area contributed by atoms with Crippen LogP contribution in [-0.4, -0.2) is 36.8 Å². The van der Waals surface area contributed by atoms with Gasteiger partial charge in [0.1, 0.15) is 6.10 Å². The van der Waals surface area contributed by atoms with E-state index < -0.39 is 0 Å². The largest absolute Gasteiger partial charge is 0.370 e. The number of carbonyl (C=O) groups is 1. The van der Waals surface area contributed by atoms with E-state index in [0.717, 1.165) is 16.0 Å². The number of morpholine rings is 1. The number of benzene rings is 2. The minimum atomic E-state index is -0.0414. The molecular weight excluding hydrogens is 294 g/mol. The third-order valence-corrected chi connectivity index (χ3v) is 4.66. The third-order valence-electron chi connectivity index (χ3n) is 3.86. The number of rotatable bonds is 3. The van der Waals surface area contributed by atoms with Gasteiger partial charge in [-0.2, -0.15) is 0 Å². The minimum Gasteiger partial charge on any atom is -0.370 e. The van der Waals surface area contributed by atoms with Crippen LogP contribution in [0.15, 0.2) is 59.5 Å². The van der Waals surface area contributed by atoms with Crippen LogP contribution < -0.4 is 0 Å². The van der Waals surface area contributed by atoms with E-state index in [1.807, 2.05) is 53.6 Å². The molecule has 1 unspecified atom stereocenters. The van der Waals surface area contributed by atoms with Crippen LogP contribution in [0, 0.1) is 0 Å². The molecule has 1 aliphatic heterocycles. The highest BCUT2D eigenvalue weighted by Crippen LogP contribution is 2.26. The fourth-order valence-electron chi connectivity index (χ4n) is 2.69. The van der Waals surface area contributed by atoms with Crippen LogP contribution >= 0.6 is 11.8 Å². The molecule has 0 aromatic heterocycles. The summed E-state index contributed by atoms with van der Waals surface area (Å²) in [6.07, 6.45) is 1.96. The number of ether oxygens (including phenoxy) is 1. The van der Waals surface area contributed by atoms with Crippen LogP contribution in [-0.2, 0) is 4.74 Å². The normalized spacial score (nSPS) is 18.2. The van der Waals surface area contributed by atoms with Gasteiger partial charge in [0.25, 0.3) is 5.91 Å². The van der Waals surface area contributed by atoms with Crippen LogP contribution in [0.3, 0.4) is 0 Å². The molecule has 1 fully saturated rings. The number of hydrogen-bond acceptors (Lipinski definition) is 3. The lowest BCUT2D eigenvalue weighted by Crippen LogP contribution is -2.42. The number of nitrogens with zero attached hydrogens (tertiary/aromatic N) is 1. The summed E-state index contributed by atoms with van der Waals surface area (Å²) in [4.78, 5) is 15.7. The van der Waals surface area contributed by atoms with Crippen molar-refractivity contribution in [2.45, 2.75) is 11.0 Å². The molecule has 2 aromatic carbocycles. The van der Waals surface area contributed by atoms with Gasteiger partial charge in [0.2, 0.25) is 0 Å². The van der Waals surface area contributed by atoms with Crippen LogP contribution in [0.4, 0.5) is 0 Å². The highest BCUT2D eigenvalue weighted by Gasteiger charge is 2.26. The highest BCUT2D eigenvalue weighted by atomic mass is 32.2. The van der Waals surface area contributed by atoms with Gasteiger partial charge >= 0.3 is 0 Å². The summed E-state index contributed by atoms with van der Waals surface area (Å²) in [5.74, 6) is 0.0918. The molecule has 0 bridgehead atoms. The quantitative estimate of drug-likeness (QED) is 0.811. The first kappa shape index (κ1) is 15.1. The molecule has 4 heteroatoms. The lowest BCUT2D eigenvalue weighted by Gasteiger charge is -2.33. The number of thioether (sulfide) groups is 1. The molecular formula is C18H19NO2S. The Bertz CT molecular complexity index is 645. The minimum absolute atomic E-state index is 0.0414. The Morgan fingerprint density at radius 2 is 1.86 bits per heavy atom. The van der Waals surface area contributed by atoms with E-state index in [1.165, 1.54) is 0 Å². The van der Waals surface area contributed by atoms with E-state index in [9.17, 15) is 4.79 Å². The van der Waals surface area contributed by atoms with Crippen molar-refractivity contribution < 1.29 is 9.53 Å². The lowest BCUT2D eigenvalue weighted by molar-refractivity contribution is -0.0229. The Hall–Kier alpha value is -1.78. The summed E-state index contributed by atoms with van der Waals surface area (Å²) < 4.78 is 5.84. The Balaban J connectivity index is 1.78. The molecule has 0 saturated carbocycles. The first-order valence-electron chi connectivity index (χ1n) is 7.38. The lowest BCUT2D eigenvalue weighted by atomic mass is 10.1. The van der Waals surface area contributed by atoms with Crippen molar-refractivity contribution in [1.82, 2.24) is 4.90 Å². The van der Waals surface area contributed by atoms with Crippen molar-refractivity contribution in [3.05, 3.63) is 65.7 Å². The van der Waals surface area contributed by atoms with Crippen molar-refractivity contribution >= 4 is 17.7 Å². The van der Waals surface area contributed by atoms with Gasteiger partial charge in [-0.15, -0.1) is 11.8 Å². The maximum atomic E-state index is 12.8. The Morgan fingerprint density at radius 1 is 1.14 bits per heavy atom. The monoisotopic (exact) mass is 313 g/mol. The van der Waals surface area contributed by atoms with Crippen molar-refractivity contribution in [2.24, 2.45) is 0 Å². The Labute approximate surface area is 135 Å². The summed E-state index contributed by atoms with van der Waals surface area (Å²) in [7, 11) is 0. The molecule has 0 spiro atoms. The van der Waals surface area contributed by atoms with Gasteiger partial charge in [-0.1, -0.05) is 42.5 Å². The molecule has 1 aliphatic rings. The maximum Gasteiger partial charge on any atom is 0.255 e. The molecule has 114 valence electrons. The average molecular weight is 313 g/mol. The Morgan fingerprint density at radius 3 is 2.64 bits per heavy atom. The second kappa shape index (κ2) is 6.99. The second-order valence-corrected chi connectivity index (χ2v) is 6.07. The number of carbonyl (C=O) groups excluding carboxylic acids is 1. The molecule has 3 rings (SSSR count). The molecule has 22 heavy (non-hydrogen) atoms. The number of amides is 1. The van der Waals surface area contributed by atoms with E-state index in [4.69, 9.17) is 4.74 Å². The summed E-state index contributed by atoms with van der Waals surface area (Å²) in [6.45, 7) is 1.82. The highest BCUT2D eigenvalue weighted by molar-refractivity contribution is 7.98. The molecule has 0 radical (unpaired) electrons. The van der Waals surface area contributed by atoms with Gasteiger partial charge in [-0.25, -0.2) is 0 Å². The van der Waals surface area contributed by atoms with Crippen LogP contribution in [0.2, 0.25) is 0 Å². The van der Waals surface area contributed by atoms with E-state index in [-0.39, 0.29) is 12.0 Å². The molecule has 2 aromatic rings. The predicted octanol–water partition coefficient (Wildman–Crippen LogP) is 3.62. The molecule has 1 amide bonds. The molecule has 0 N–H and O–H groups in total. The van der Waals surface area contributed by atoms with Crippen molar-refractivity contribution in [3.8, 4) is 0 Å². The zero-order valence-electron chi connectivity index (χ0n) is 12.6. The van der Waals surface area contributed by atoms with Crippen LogP contribution in [0.1, 0.15) is 22.0 Å². The van der Waals surface area contributed by atoms with Gasteiger partial charge in [0.15, 0.2) is 0 Å². The van der Waals surface area contributed by atoms with E-state index in [0.29, 0.717) is 19.7 Å². The smallest absolute Gasteiger partial charge is 0.255 e. The van der Waals surface area contributed by atoms with Gasteiger partial charge in [0.05, 0.1) is 18.7 Å². The SMILES string of the molecule is CSc1ccccc1C(=O)N1CCOC(c2ccccc2)C1. The van der Waals surface area contributed by atoms with Gasteiger partial charge in [-0.05, 0) is 24.0 Å². The number of hydrogen-bond donors (Lipinski definition) is 0.